The molecule has 1 heterocycles. The van der Waals surface area contributed by atoms with Crippen molar-refractivity contribution in [2.45, 2.75) is 6.42 Å². The zero-order chi connectivity index (χ0) is 15.0. The summed E-state index contributed by atoms with van der Waals surface area (Å²) in [6.07, 6.45) is 0.213. The fourth-order valence-corrected chi connectivity index (χ4v) is 2.56. The van der Waals surface area contributed by atoms with Gasteiger partial charge in [-0.05, 0) is 35.9 Å². The largest absolute Gasteiger partial charge is 0.272 e. The topological polar surface area (TPSA) is 32.7 Å². The first-order chi connectivity index (χ1) is 10.0. The minimum atomic E-state index is -0.149. The molecular weight excluding hydrogens is 331 g/mol. The number of carbonyl (C=O) groups is 1. The van der Waals surface area contributed by atoms with Crippen LogP contribution in [-0.4, -0.2) is 11.6 Å². The Morgan fingerprint density at radius 2 is 1.62 bits per heavy atom. The van der Waals surface area contributed by atoms with E-state index in [0.29, 0.717) is 26.5 Å². The van der Waals surface area contributed by atoms with Gasteiger partial charge in [0.15, 0.2) is 0 Å². The lowest BCUT2D eigenvalue weighted by Gasteiger charge is -2.13. The first-order valence-electron chi connectivity index (χ1n) is 6.16. The molecule has 2 aromatic rings. The van der Waals surface area contributed by atoms with Gasteiger partial charge in [-0.15, -0.1) is 0 Å². The molecule has 2 aromatic carbocycles. The zero-order valence-electron chi connectivity index (χ0n) is 10.7. The summed E-state index contributed by atoms with van der Waals surface area (Å²) in [6, 6.07) is 12.1. The average molecular weight is 340 g/mol. The van der Waals surface area contributed by atoms with Crippen molar-refractivity contribution in [1.29, 1.82) is 0 Å². The van der Waals surface area contributed by atoms with E-state index in [1.54, 1.807) is 30.3 Å². The summed E-state index contributed by atoms with van der Waals surface area (Å²) < 4.78 is 0. The number of rotatable bonds is 2. The highest BCUT2D eigenvalue weighted by Gasteiger charge is 2.27. The minimum Gasteiger partial charge on any atom is -0.272 e. The second kappa shape index (κ2) is 5.68. The van der Waals surface area contributed by atoms with Crippen LogP contribution in [0.25, 0.3) is 0 Å². The van der Waals surface area contributed by atoms with Crippen molar-refractivity contribution in [2.75, 3.05) is 5.01 Å². The molecule has 6 heteroatoms. The number of hydrogen-bond donors (Lipinski definition) is 0. The zero-order valence-corrected chi connectivity index (χ0v) is 13.0. The van der Waals surface area contributed by atoms with Crippen LogP contribution in [0.2, 0.25) is 15.1 Å². The van der Waals surface area contributed by atoms with E-state index < -0.39 is 0 Å². The summed E-state index contributed by atoms with van der Waals surface area (Å²) in [7, 11) is 0. The third-order valence-corrected chi connectivity index (χ3v) is 3.90. The monoisotopic (exact) mass is 338 g/mol. The molecule has 0 saturated carbocycles. The van der Waals surface area contributed by atoms with Crippen molar-refractivity contribution in [2.24, 2.45) is 5.10 Å². The quantitative estimate of drug-likeness (QED) is 0.774. The van der Waals surface area contributed by atoms with Crippen LogP contribution in [-0.2, 0) is 4.79 Å². The third kappa shape index (κ3) is 2.91. The maximum Gasteiger partial charge on any atom is 0.253 e. The Morgan fingerprint density at radius 1 is 0.952 bits per heavy atom. The molecular formula is C15H9Cl3N2O. The normalized spacial score (nSPS) is 14.5. The first-order valence-corrected chi connectivity index (χ1v) is 7.29. The molecule has 1 aliphatic heterocycles. The molecule has 0 aliphatic carbocycles. The van der Waals surface area contributed by atoms with Crippen molar-refractivity contribution in [3.8, 4) is 0 Å². The van der Waals surface area contributed by atoms with Gasteiger partial charge in [-0.2, -0.15) is 10.1 Å². The summed E-state index contributed by atoms with van der Waals surface area (Å²) in [5.74, 6) is -0.149. The molecule has 0 radical (unpaired) electrons. The number of hydrogen-bond acceptors (Lipinski definition) is 2. The van der Waals surface area contributed by atoms with Gasteiger partial charge in [-0.1, -0.05) is 46.9 Å². The Labute approximate surface area is 136 Å². The van der Waals surface area contributed by atoms with Gasteiger partial charge in [0.1, 0.15) is 0 Å². The van der Waals surface area contributed by atoms with Crippen LogP contribution in [0.3, 0.4) is 0 Å². The molecule has 0 aromatic heterocycles. The number of benzene rings is 2. The Balaban J connectivity index is 1.99. The van der Waals surface area contributed by atoms with Gasteiger partial charge in [-0.3, -0.25) is 4.79 Å². The predicted octanol–water partition coefficient (Wildman–Crippen LogP) is 4.79. The summed E-state index contributed by atoms with van der Waals surface area (Å²) >= 11 is 17.9. The molecule has 0 atom stereocenters. The molecule has 3 rings (SSSR count). The maximum atomic E-state index is 12.2. The van der Waals surface area contributed by atoms with Gasteiger partial charge < -0.3 is 0 Å². The summed E-state index contributed by atoms with van der Waals surface area (Å²) in [4.78, 5) is 12.2. The number of halogens is 3. The van der Waals surface area contributed by atoms with Crippen molar-refractivity contribution in [3.63, 3.8) is 0 Å². The fourth-order valence-electron chi connectivity index (χ4n) is 2.07. The average Bonchev–Trinajstić information content (AvgIpc) is 2.84. The molecule has 0 N–H and O–H groups in total. The molecule has 0 spiro atoms. The highest BCUT2D eigenvalue weighted by atomic mass is 35.5. The van der Waals surface area contributed by atoms with E-state index in [1.807, 2.05) is 12.1 Å². The number of anilines is 1. The lowest BCUT2D eigenvalue weighted by atomic mass is 10.1. The lowest BCUT2D eigenvalue weighted by molar-refractivity contribution is -0.116. The van der Waals surface area contributed by atoms with Gasteiger partial charge in [-0.25, -0.2) is 0 Å². The summed E-state index contributed by atoms with van der Waals surface area (Å²) in [6.45, 7) is 0. The number of hydrazone groups is 1. The Morgan fingerprint density at radius 3 is 2.33 bits per heavy atom. The van der Waals surface area contributed by atoms with Crippen molar-refractivity contribution >= 4 is 52.1 Å². The predicted molar refractivity (Wildman–Crippen MR) is 86.6 cm³/mol. The molecule has 0 bridgehead atoms. The number of carbonyl (C=O) groups excluding carboxylic acids is 1. The van der Waals surface area contributed by atoms with Gasteiger partial charge >= 0.3 is 0 Å². The van der Waals surface area contributed by atoms with Crippen LogP contribution in [0.4, 0.5) is 5.69 Å². The highest BCUT2D eigenvalue weighted by molar-refractivity contribution is 6.36. The highest BCUT2D eigenvalue weighted by Crippen LogP contribution is 2.32. The van der Waals surface area contributed by atoms with Crippen LogP contribution >= 0.6 is 34.8 Å². The van der Waals surface area contributed by atoms with Gasteiger partial charge in [0.25, 0.3) is 5.91 Å². The SMILES string of the molecule is O=C1CC(c2ccc(Cl)cc2)=NN1c1cc(Cl)ccc1Cl. The third-order valence-electron chi connectivity index (χ3n) is 3.09. The lowest BCUT2D eigenvalue weighted by Crippen LogP contribution is -2.19. The van der Waals surface area contributed by atoms with E-state index in [-0.39, 0.29) is 12.3 Å². The Bertz CT molecular complexity index is 741. The van der Waals surface area contributed by atoms with E-state index in [1.165, 1.54) is 5.01 Å². The molecule has 1 amide bonds. The van der Waals surface area contributed by atoms with Crippen molar-refractivity contribution < 1.29 is 4.79 Å². The summed E-state index contributed by atoms with van der Waals surface area (Å²) in [5.41, 5.74) is 2.01. The molecule has 1 aliphatic rings. The van der Waals surface area contributed by atoms with E-state index in [0.717, 1.165) is 5.56 Å². The summed E-state index contributed by atoms with van der Waals surface area (Å²) in [5, 5.41) is 7.21. The van der Waals surface area contributed by atoms with Crippen LogP contribution < -0.4 is 5.01 Å². The second-order valence-corrected chi connectivity index (χ2v) is 5.81. The minimum absolute atomic E-state index is 0.149. The van der Waals surface area contributed by atoms with E-state index in [9.17, 15) is 4.79 Å². The molecule has 0 unspecified atom stereocenters. The van der Waals surface area contributed by atoms with Gasteiger partial charge in [0, 0.05) is 10.0 Å². The molecule has 106 valence electrons. The number of amides is 1. The Hall–Kier alpha value is -1.55. The Kier molecular flexibility index (Phi) is 3.89. The van der Waals surface area contributed by atoms with Crippen molar-refractivity contribution in [3.05, 3.63) is 63.1 Å². The van der Waals surface area contributed by atoms with Crippen LogP contribution in [0, 0.1) is 0 Å². The molecule has 3 nitrogen and oxygen atoms in total. The molecule has 0 saturated heterocycles. The molecule has 0 fully saturated rings. The standard InChI is InChI=1S/C15H9Cl3N2O/c16-10-3-1-9(2-4-10)13-8-15(21)20(19-13)14-7-11(17)5-6-12(14)18/h1-7H,8H2. The van der Waals surface area contributed by atoms with E-state index >= 15 is 0 Å². The van der Waals surface area contributed by atoms with Crippen molar-refractivity contribution in [1.82, 2.24) is 0 Å². The van der Waals surface area contributed by atoms with Crippen LogP contribution in [0.15, 0.2) is 47.6 Å². The smallest absolute Gasteiger partial charge is 0.253 e. The van der Waals surface area contributed by atoms with Crippen LogP contribution in [0.1, 0.15) is 12.0 Å². The van der Waals surface area contributed by atoms with Crippen LogP contribution in [0.5, 0.6) is 0 Å². The maximum absolute atomic E-state index is 12.2. The number of nitrogens with zero attached hydrogens (tertiary/aromatic N) is 2. The van der Waals surface area contributed by atoms with Gasteiger partial charge in [0.2, 0.25) is 0 Å². The first kappa shape index (κ1) is 14.4. The fraction of sp³-hybridized carbons (Fsp3) is 0.0667. The second-order valence-electron chi connectivity index (χ2n) is 4.53. The van der Waals surface area contributed by atoms with E-state index in [4.69, 9.17) is 34.8 Å². The molecule has 21 heavy (non-hydrogen) atoms. The van der Waals surface area contributed by atoms with Gasteiger partial charge in [0.05, 0.1) is 22.8 Å². The van der Waals surface area contributed by atoms with E-state index in [2.05, 4.69) is 5.10 Å².